The van der Waals surface area contributed by atoms with E-state index in [-0.39, 0.29) is 48.9 Å². The van der Waals surface area contributed by atoms with Crippen LogP contribution in [0, 0.1) is 17.8 Å². The van der Waals surface area contributed by atoms with E-state index in [4.69, 9.17) is 18.9 Å². The lowest BCUT2D eigenvalue weighted by atomic mass is 9.66. The second kappa shape index (κ2) is 18.8. The van der Waals surface area contributed by atoms with Crippen LogP contribution in [0.25, 0.3) is 0 Å². The second-order valence-corrected chi connectivity index (χ2v) is 13.8. The summed E-state index contributed by atoms with van der Waals surface area (Å²) in [7, 11) is 0. The van der Waals surface area contributed by atoms with E-state index < -0.39 is 17.4 Å². The Labute approximate surface area is 286 Å². The summed E-state index contributed by atoms with van der Waals surface area (Å²) >= 11 is 0. The molecule has 10 nitrogen and oxygen atoms in total. The molecular formula is C38H56N2O8. The topological polar surface area (TPSA) is 112 Å². The van der Waals surface area contributed by atoms with Gasteiger partial charge in [0, 0.05) is 51.0 Å². The van der Waals surface area contributed by atoms with Crippen molar-refractivity contribution in [3.8, 4) is 0 Å². The van der Waals surface area contributed by atoms with E-state index in [0.717, 1.165) is 69.4 Å². The molecule has 48 heavy (non-hydrogen) atoms. The molecule has 2 fully saturated rings. The van der Waals surface area contributed by atoms with Crippen molar-refractivity contribution in [3.05, 3.63) is 55.0 Å². The molecule has 2 aliphatic rings. The van der Waals surface area contributed by atoms with Crippen molar-refractivity contribution in [2.75, 3.05) is 44.4 Å². The summed E-state index contributed by atoms with van der Waals surface area (Å²) in [6.07, 6.45) is 11.7. The fourth-order valence-electron chi connectivity index (χ4n) is 7.11. The average Bonchev–Trinajstić information content (AvgIpc) is 3.06. The van der Waals surface area contributed by atoms with Crippen molar-refractivity contribution in [1.29, 1.82) is 0 Å². The van der Waals surface area contributed by atoms with Crippen LogP contribution in [0.4, 0.5) is 5.69 Å². The Hall–Kier alpha value is -3.66. The molecule has 3 rings (SSSR count). The highest BCUT2D eigenvalue weighted by Gasteiger charge is 2.40. The van der Waals surface area contributed by atoms with Crippen molar-refractivity contribution in [2.24, 2.45) is 10.8 Å². The second-order valence-electron chi connectivity index (χ2n) is 13.8. The van der Waals surface area contributed by atoms with Gasteiger partial charge in [-0.3, -0.25) is 19.2 Å². The molecule has 0 spiro atoms. The van der Waals surface area contributed by atoms with Crippen LogP contribution in [0.5, 0.6) is 0 Å². The maximum atomic E-state index is 13.5. The first kappa shape index (κ1) is 38.8. The monoisotopic (exact) mass is 668 g/mol. The minimum absolute atomic E-state index is 0.0191. The maximum Gasteiger partial charge on any atom is 0.302 e. The van der Waals surface area contributed by atoms with E-state index in [1.165, 1.54) is 46.3 Å². The highest BCUT2D eigenvalue weighted by atomic mass is 16.6. The fourth-order valence-corrected chi connectivity index (χ4v) is 7.11. The smallest absolute Gasteiger partial charge is 0.302 e. The summed E-state index contributed by atoms with van der Waals surface area (Å²) in [5.41, 5.74) is 1.41. The summed E-state index contributed by atoms with van der Waals surface area (Å²) in [5, 5.41) is 0. The molecule has 1 heterocycles. The molecule has 1 aliphatic heterocycles. The van der Waals surface area contributed by atoms with Crippen molar-refractivity contribution in [1.82, 2.24) is 4.90 Å². The van der Waals surface area contributed by atoms with Crippen molar-refractivity contribution in [3.63, 3.8) is 0 Å². The Morgan fingerprint density at radius 1 is 0.896 bits per heavy atom. The summed E-state index contributed by atoms with van der Waals surface area (Å²) in [4.78, 5) is 53.1. The van der Waals surface area contributed by atoms with Crippen LogP contribution >= 0.6 is 0 Å². The number of hydrogen-bond acceptors (Lipinski definition) is 9. The summed E-state index contributed by atoms with van der Waals surface area (Å²) in [5.74, 6) is -1.37. The molecule has 0 atom stereocenters. The van der Waals surface area contributed by atoms with Gasteiger partial charge in [-0.05, 0) is 82.4 Å². The van der Waals surface area contributed by atoms with Gasteiger partial charge in [0.1, 0.15) is 13.2 Å². The molecule has 0 aromatic heterocycles. The van der Waals surface area contributed by atoms with Gasteiger partial charge in [-0.1, -0.05) is 50.1 Å². The molecule has 1 aromatic carbocycles. The number of amides is 1. The first-order valence-corrected chi connectivity index (χ1v) is 17.4. The van der Waals surface area contributed by atoms with Gasteiger partial charge in [-0.25, -0.2) is 0 Å². The predicted octanol–water partition coefficient (Wildman–Crippen LogP) is 6.65. The van der Waals surface area contributed by atoms with Gasteiger partial charge in [0.25, 0.3) is 5.91 Å². The summed E-state index contributed by atoms with van der Waals surface area (Å²) in [6, 6.07) is 7.99. The third-order valence-corrected chi connectivity index (χ3v) is 10.1. The number of rotatable bonds is 18. The fraction of sp³-hybridized carbons (Fsp3) is 0.632. The van der Waals surface area contributed by atoms with E-state index in [2.05, 4.69) is 18.1 Å². The molecule has 1 saturated carbocycles. The lowest BCUT2D eigenvalue weighted by Crippen LogP contribution is -2.48. The molecule has 1 saturated heterocycles. The largest absolute Gasteiger partial charge is 0.466 e. The van der Waals surface area contributed by atoms with Gasteiger partial charge in [-0.2, -0.15) is 0 Å². The molecule has 0 bridgehead atoms. The number of anilines is 1. The minimum Gasteiger partial charge on any atom is -0.466 e. The Morgan fingerprint density at radius 2 is 1.48 bits per heavy atom. The van der Waals surface area contributed by atoms with Crippen molar-refractivity contribution in [2.45, 2.75) is 104 Å². The molecule has 0 unspecified atom stereocenters. The molecule has 10 heteroatoms. The zero-order valence-corrected chi connectivity index (χ0v) is 29.6. The third kappa shape index (κ3) is 12.1. The van der Waals surface area contributed by atoms with Crippen LogP contribution < -0.4 is 4.90 Å². The van der Waals surface area contributed by atoms with Crippen LogP contribution in [-0.2, 0) is 38.1 Å². The first-order valence-electron chi connectivity index (χ1n) is 17.4. The molecule has 266 valence electrons. The first-order chi connectivity index (χ1) is 22.9. The van der Waals surface area contributed by atoms with E-state index >= 15 is 0 Å². The van der Waals surface area contributed by atoms with E-state index in [1.54, 1.807) is 0 Å². The number of aryl methyl sites for hydroxylation is 1. The molecule has 0 radical (unpaired) electrons. The van der Waals surface area contributed by atoms with Crippen LogP contribution in [0.15, 0.2) is 49.4 Å². The zero-order chi connectivity index (χ0) is 35.2. The molecule has 0 N–H and O–H groups in total. The lowest BCUT2D eigenvalue weighted by Gasteiger charge is -2.43. The number of hydrogen-bond donors (Lipinski definition) is 0. The number of ether oxygens (including phenoxy) is 4. The van der Waals surface area contributed by atoms with E-state index in [1.807, 2.05) is 36.1 Å². The number of nitrogens with zero attached hydrogens (tertiary/aromatic N) is 2. The van der Waals surface area contributed by atoms with E-state index in [9.17, 15) is 19.2 Å². The number of likely N-dealkylation sites (tertiary alicyclic amines) is 1. The number of benzene rings is 1. The highest BCUT2D eigenvalue weighted by molar-refractivity contribution is 6.04. The van der Waals surface area contributed by atoms with Gasteiger partial charge in [0.2, 0.25) is 0 Å². The van der Waals surface area contributed by atoms with E-state index in [0.29, 0.717) is 12.8 Å². The minimum atomic E-state index is -0.652. The Morgan fingerprint density at radius 3 is 2.02 bits per heavy atom. The quantitative estimate of drug-likeness (QED) is 0.0734. The van der Waals surface area contributed by atoms with Crippen LogP contribution in [0.3, 0.4) is 0 Å². The molecular weight excluding hydrogens is 612 g/mol. The molecule has 1 amide bonds. The Balaban J connectivity index is 1.70. The van der Waals surface area contributed by atoms with Gasteiger partial charge >= 0.3 is 17.9 Å². The lowest BCUT2D eigenvalue weighted by molar-refractivity contribution is -0.156. The number of esters is 3. The summed E-state index contributed by atoms with van der Waals surface area (Å²) in [6.45, 7) is 16.6. The van der Waals surface area contributed by atoms with Crippen molar-refractivity contribution >= 4 is 29.5 Å². The SMILES string of the molecule is C=COC(=C)C(=O)N(c1ccc(C)cc1)C1CCN(CCC2(CCC(CCOC(C)=O)(COC(C)=O)COC(C)=O)CCCCC2)CC1. The zero-order valence-electron chi connectivity index (χ0n) is 29.6. The van der Waals surface area contributed by atoms with Crippen LogP contribution in [-0.4, -0.2) is 74.2 Å². The predicted molar refractivity (Wildman–Crippen MR) is 185 cm³/mol. The van der Waals surface area contributed by atoms with Gasteiger partial charge < -0.3 is 28.7 Å². The van der Waals surface area contributed by atoms with Crippen LogP contribution in [0.1, 0.15) is 97.0 Å². The number of carbonyl (C=O) groups excluding carboxylic acids is 4. The standard InChI is InChI=1S/C38H56N2O8/c1-7-45-30(3)36(44)40(34-13-11-29(2)12-14-34)35-15-23-39(24-16-35)25-21-37(17-9-8-10-18-37)19-20-38(27-47-32(5)42,28-48-33(6)43)22-26-46-31(4)41/h7,11-14,35H,1,3,8-10,15-28H2,2,4-6H3. The van der Waals surface area contributed by atoms with Gasteiger partial charge in [-0.15, -0.1) is 0 Å². The third-order valence-electron chi connectivity index (χ3n) is 10.1. The average molecular weight is 669 g/mol. The van der Waals surface area contributed by atoms with Crippen molar-refractivity contribution < 1.29 is 38.1 Å². The number of carbonyl (C=O) groups is 4. The Kier molecular flexibility index (Phi) is 15.2. The molecule has 1 aromatic rings. The molecule has 1 aliphatic carbocycles. The summed E-state index contributed by atoms with van der Waals surface area (Å²) < 4.78 is 21.6. The maximum absolute atomic E-state index is 13.5. The van der Waals surface area contributed by atoms with Gasteiger partial charge in [0.15, 0.2) is 5.76 Å². The normalized spacial score (nSPS) is 16.8. The van der Waals surface area contributed by atoms with Crippen LogP contribution in [0.2, 0.25) is 0 Å². The van der Waals surface area contributed by atoms with Gasteiger partial charge in [0.05, 0.1) is 12.9 Å². The highest BCUT2D eigenvalue weighted by Crippen LogP contribution is 2.46. The Bertz CT molecular complexity index is 1230. The number of piperidine rings is 1.